The van der Waals surface area contributed by atoms with E-state index >= 15 is 0 Å². The summed E-state index contributed by atoms with van der Waals surface area (Å²) in [6.45, 7) is -0.160. The molecule has 0 aliphatic carbocycles. The second kappa shape index (κ2) is 5.55. The van der Waals surface area contributed by atoms with Crippen molar-refractivity contribution >= 4 is 17.5 Å². The Morgan fingerprint density at radius 1 is 1.50 bits per heavy atom. The van der Waals surface area contributed by atoms with Gasteiger partial charge in [0.05, 0.1) is 0 Å². The lowest BCUT2D eigenvalue weighted by Gasteiger charge is -2.09. The highest BCUT2D eigenvalue weighted by molar-refractivity contribution is 6.30. The molecule has 1 heterocycles. The number of carbonyl (C=O) groups excluding carboxylic acids is 1. The van der Waals surface area contributed by atoms with E-state index in [1.807, 2.05) is 0 Å². The number of carbonyl (C=O) groups is 1. The van der Waals surface area contributed by atoms with Crippen molar-refractivity contribution in [2.45, 2.75) is 6.42 Å². The Bertz CT molecular complexity index is 540. The fourth-order valence-corrected chi connectivity index (χ4v) is 1.75. The normalized spacial score (nSPS) is 10.3. The number of aromatic amines is 1. The van der Waals surface area contributed by atoms with Gasteiger partial charge < -0.3 is 15.5 Å². The molecule has 0 bridgehead atoms. The quantitative estimate of drug-likeness (QED) is 0.860. The number of primary amides is 1. The molecule has 0 fully saturated rings. The summed E-state index contributed by atoms with van der Waals surface area (Å²) in [7, 11) is 0. The number of amides is 1. The highest BCUT2D eigenvalue weighted by atomic mass is 35.5. The van der Waals surface area contributed by atoms with Gasteiger partial charge in [0.25, 0.3) is 5.91 Å². The Labute approximate surface area is 109 Å². The fourth-order valence-electron chi connectivity index (χ4n) is 1.55. The van der Waals surface area contributed by atoms with Crippen molar-refractivity contribution in [1.29, 1.82) is 0 Å². The first-order chi connectivity index (χ1) is 8.65. The fraction of sp³-hybridized carbons (Fsp3) is 0.167. The van der Waals surface area contributed by atoms with Crippen LogP contribution >= 0.6 is 11.6 Å². The van der Waals surface area contributed by atoms with Gasteiger partial charge in [0.1, 0.15) is 11.6 Å². The Morgan fingerprint density at radius 3 is 3.00 bits per heavy atom. The van der Waals surface area contributed by atoms with Gasteiger partial charge in [-0.25, -0.2) is 4.98 Å². The molecule has 1 aromatic carbocycles. The van der Waals surface area contributed by atoms with Gasteiger partial charge in [-0.2, -0.15) is 0 Å². The molecule has 0 aliphatic rings. The second-order valence-corrected chi connectivity index (χ2v) is 4.16. The molecule has 5 nitrogen and oxygen atoms in total. The van der Waals surface area contributed by atoms with Crippen molar-refractivity contribution in [3.63, 3.8) is 0 Å². The summed E-state index contributed by atoms with van der Waals surface area (Å²) in [5.74, 6) is 0.852. The molecule has 2 aromatic rings. The van der Waals surface area contributed by atoms with E-state index in [0.29, 0.717) is 17.2 Å². The Kier molecular flexibility index (Phi) is 3.84. The molecule has 6 heteroatoms. The zero-order chi connectivity index (χ0) is 13.0. The summed E-state index contributed by atoms with van der Waals surface area (Å²) in [6, 6.07) is 5.19. The molecule has 1 aromatic heterocycles. The third-order valence-corrected chi connectivity index (χ3v) is 2.54. The smallest absolute Gasteiger partial charge is 0.255 e. The summed E-state index contributed by atoms with van der Waals surface area (Å²) >= 11 is 5.94. The van der Waals surface area contributed by atoms with Gasteiger partial charge in [-0.3, -0.25) is 4.79 Å². The maximum absolute atomic E-state index is 10.7. The molecule has 3 N–H and O–H groups in total. The largest absolute Gasteiger partial charge is 0.483 e. The summed E-state index contributed by atoms with van der Waals surface area (Å²) < 4.78 is 5.33. The van der Waals surface area contributed by atoms with E-state index < -0.39 is 5.91 Å². The molecule has 0 saturated carbocycles. The predicted molar refractivity (Wildman–Crippen MR) is 67.5 cm³/mol. The molecule has 0 atom stereocenters. The van der Waals surface area contributed by atoms with Gasteiger partial charge in [-0.15, -0.1) is 0 Å². The standard InChI is InChI=1S/C12H12ClN3O2/c13-9-1-2-10(18-7-11(14)17)8(5-9)6-12-15-3-4-16-12/h1-5H,6-7H2,(H2,14,17)(H,15,16). The SMILES string of the molecule is NC(=O)COc1ccc(Cl)cc1Cc1ncc[nH]1. The number of hydrogen-bond donors (Lipinski definition) is 2. The van der Waals surface area contributed by atoms with Gasteiger partial charge >= 0.3 is 0 Å². The first-order valence-electron chi connectivity index (χ1n) is 5.33. The minimum Gasteiger partial charge on any atom is -0.483 e. The number of nitrogens with one attached hydrogen (secondary N) is 1. The minimum atomic E-state index is -0.520. The monoisotopic (exact) mass is 265 g/mol. The molecule has 1 amide bonds. The first kappa shape index (κ1) is 12.4. The second-order valence-electron chi connectivity index (χ2n) is 3.72. The summed E-state index contributed by atoms with van der Waals surface area (Å²) in [5.41, 5.74) is 5.89. The Hall–Kier alpha value is -2.01. The van der Waals surface area contributed by atoms with Crippen LogP contribution in [0.2, 0.25) is 5.02 Å². The van der Waals surface area contributed by atoms with Crippen molar-refractivity contribution in [1.82, 2.24) is 9.97 Å². The van der Waals surface area contributed by atoms with Gasteiger partial charge in [0, 0.05) is 29.4 Å². The maximum Gasteiger partial charge on any atom is 0.255 e. The number of ether oxygens (including phenoxy) is 1. The van der Waals surface area contributed by atoms with Crippen LogP contribution in [0.4, 0.5) is 0 Å². The van der Waals surface area contributed by atoms with Crippen LogP contribution in [0.15, 0.2) is 30.6 Å². The van der Waals surface area contributed by atoms with Gasteiger partial charge in [0.2, 0.25) is 0 Å². The summed E-state index contributed by atoms with van der Waals surface area (Å²) in [6.07, 6.45) is 3.95. The molecule has 0 unspecified atom stereocenters. The number of imidazole rings is 1. The first-order valence-corrected chi connectivity index (χ1v) is 5.71. The van der Waals surface area contributed by atoms with E-state index in [1.54, 1.807) is 30.6 Å². The van der Waals surface area contributed by atoms with E-state index in [1.165, 1.54) is 0 Å². The number of hydrogen-bond acceptors (Lipinski definition) is 3. The number of halogens is 1. The van der Waals surface area contributed by atoms with Crippen LogP contribution in [0.3, 0.4) is 0 Å². The van der Waals surface area contributed by atoms with Crippen LogP contribution in [0, 0.1) is 0 Å². The lowest BCUT2D eigenvalue weighted by Crippen LogP contribution is -2.20. The topological polar surface area (TPSA) is 81.0 Å². The minimum absolute atomic E-state index is 0.160. The molecule has 0 radical (unpaired) electrons. The van der Waals surface area contributed by atoms with Crippen LogP contribution in [-0.4, -0.2) is 22.5 Å². The number of rotatable bonds is 5. The van der Waals surface area contributed by atoms with Crippen LogP contribution in [-0.2, 0) is 11.2 Å². The molecule has 2 rings (SSSR count). The zero-order valence-electron chi connectivity index (χ0n) is 9.52. The van der Waals surface area contributed by atoms with Crippen LogP contribution < -0.4 is 10.5 Å². The van der Waals surface area contributed by atoms with Crippen molar-refractivity contribution in [2.75, 3.05) is 6.61 Å². The third kappa shape index (κ3) is 3.24. The van der Waals surface area contributed by atoms with E-state index in [4.69, 9.17) is 22.1 Å². The molecule has 0 saturated heterocycles. The highest BCUT2D eigenvalue weighted by Gasteiger charge is 2.08. The van der Waals surface area contributed by atoms with Crippen LogP contribution in [0.25, 0.3) is 0 Å². The third-order valence-electron chi connectivity index (χ3n) is 2.31. The summed E-state index contributed by atoms with van der Waals surface area (Å²) in [5, 5.41) is 0.600. The Balaban J connectivity index is 2.20. The van der Waals surface area contributed by atoms with Crippen molar-refractivity contribution < 1.29 is 9.53 Å². The zero-order valence-corrected chi connectivity index (χ0v) is 10.3. The van der Waals surface area contributed by atoms with E-state index in [9.17, 15) is 4.79 Å². The van der Waals surface area contributed by atoms with Crippen molar-refractivity contribution in [3.8, 4) is 5.75 Å². The lowest BCUT2D eigenvalue weighted by molar-refractivity contribution is -0.119. The molecule has 0 spiro atoms. The van der Waals surface area contributed by atoms with Crippen molar-refractivity contribution in [2.24, 2.45) is 5.73 Å². The predicted octanol–water partition coefficient (Wildman–Crippen LogP) is 1.52. The average Bonchev–Trinajstić information content (AvgIpc) is 2.80. The Morgan fingerprint density at radius 2 is 2.33 bits per heavy atom. The van der Waals surface area contributed by atoms with E-state index in [2.05, 4.69) is 9.97 Å². The summed E-state index contributed by atoms with van der Waals surface area (Å²) in [4.78, 5) is 17.8. The molecule has 94 valence electrons. The van der Waals surface area contributed by atoms with Crippen LogP contribution in [0.1, 0.15) is 11.4 Å². The number of aromatic nitrogens is 2. The maximum atomic E-state index is 10.7. The van der Waals surface area contributed by atoms with Crippen LogP contribution in [0.5, 0.6) is 5.75 Å². The van der Waals surface area contributed by atoms with Gasteiger partial charge in [0.15, 0.2) is 6.61 Å². The number of nitrogens with two attached hydrogens (primary N) is 1. The highest BCUT2D eigenvalue weighted by Crippen LogP contribution is 2.24. The number of benzene rings is 1. The van der Waals surface area contributed by atoms with E-state index in [-0.39, 0.29) is 6.61 Å². The molecule has 0 aliphatic heterocycles. The molecular weight excluding hydrogens is 254 g/mol. The number of H-pyrrole nitrogens is 1. The van der Waals surface area contributed by atoms with Gasteiger partial charge in [-0.1, -0.05) is 11.6 Å². The molecule has 18 heavy (non-hydrogen) atoms. The lowest BCUT2D eigenvalue weighted by atomic mass is 10.1. The number of nitrogens with zero attached hydrogens (tertiary/aromatic N) is 1. The molecular formula is C12H12ClN3O2. The van der Waals surface area contributed by atoms with Crippen molar-refractivity contribution in [3.05, 3.63) is 47.0 Å². The van der Waals surface area contributed by atoms with Gasteiger partial charge in [-0.05, 0) is 18.2 Å². The average molecular weight is 266 g/mol. The van der Waals surface area contributed by atoms with E-state index in [0.717, 1.165) is 11.4 Å².